The second-order valence-corrected chi connectivity index (χ2v) is 10.1. The number of nitrogens with one attached hydrogen (secondary N) is 1. The third kappa shape index (κ3) is 5.22. The van der Waals surface area contributed by atoms with Gasteiger partial charge >= 0.3 is 11.2 Å². The molecule has 0 fully saturated rings. The first-order valence-electron chi connectivity index (χ1n) is 10.3. The van der Waals surface area contributed by atoms with Crippen LogP contribution < -0.4 is 11.0 Å². The number of carbonyl (C=O) groups is 1. The maximum Gasteiger partial charge on any atom is 0.501 e. The van der Waals surface area contributed by atoms with Crippen molar-refractivity contribution >= 4 is 33.0 Å². The average molecular weight is 553 g/mol. The molecule has 37 heavy (non-hydrogen) atoms. The van der Waals surface area contributed by atoms with E-state index in [9.17, 15) is 36.3 Å². The van der Waals surface area contributed by atoms with Crippen LogP contribution in [0.15, 0.2) is 82.9 Å². The molecular formula is C23H16ClF3N4O5S. The zero-order chi connectivity index (χ0) is 27.0. The number of benzene rings is 2. The zero-order valence-electron chi connectivity index (χ0n) is 18.5. The van der Waals surface area contributed by atoms with Crippen molar-refractivity contribution in [3.8, 4) is 11.6 Å². The zero-order valence-corrected chi connectivity index (χ0v) is 20.0. The quantitative estimate of drug-likeness (QED) is 0.373. The number of pyridine rings is 1. The van der Waals surface area contributed by atoms with Gasteiger partial charge in [0.2, 0.25) is 5.88 Å². The van der Waals surface area contributed by atoms with Crippen LogP contribution in [0.25, 0.3) is 5.69 Å². The Morgan fingerprint density at radius 1 is 1.11 bits per heavy atom. The minimum Gasteiger partial charge on any atom is -0.493 e. The Balaban J connectivity index is 1.62. The highest BCUT2D eigenvalue weighted by atomic mass is 35.5. The lowest BCUT2D eigenvalue weighted by Crippen LogP contribution is -2.25. The number of sulfone groups is 1. The molecule has 4 rings (SSSR count). The first-order valence-corrected chi connectivity index (χ1v) is 12.2. The first kappa shape index (κ1) is 26.0. The lowest BCUT2D eigenvalue weighted by atomic mass is 10.2. The highest BCUT2D eigenvalue weighted by molar-refractivity contribution is 7.92. The number of carbonyl (C=O) groups excluding carboxylic acids is 1. The molecule has 2 aromatic carbocycles. The number of hydrogen-bond acceptors (Lipinski definition) is 6. The summed E-state index contributed by atoms with van der Waals surface area (Å²) in [5, 5.41) is 13.4. The molecule has 14 heteroatoms. The van der Waals surface area contributed by atoms with E-state index in [1.54, 1.807) is 24.3 Å². The smallest absolute Gasteiger partial charge is 0.493 e. The lowest BCUT2D eigenvalue weighted by Gasteiger charge is -2.11. The third-order valence-corrected chi connectivity index (χ3v) is 6.97. The predicted octanol–water partition coefficient (Wildman–Crippen LogP) is 3.99. The van der Waals surface area contributed by atoms with Crippen LogP contribution in [-0.2, 0) is 16.4 Å². The van der Waals surface area contributed by atoms with Crippen LogP contribution in [0.5, 0.6) is 5.88 Å². The van der Waals surface area contributed by atoms with E-state index in [1.165, 1.54) is 18.5 Å². The van der Waals surface area contributed by atoms with E-state index in [2.05, 4.69) is 10.3 Å². The molecule has 4 aromatic rings. The minimum absolute atomic E-state index is 0.0633. The van der Waals surface area contributed by atoms with E-state index in [4.69, 9.17) is 11.6 Å². The predicted molar refractivity (Wildman–Crippen MR) is 128 cm³/mol. The van der Waals surface area contributed by atoms with E-state index in [1.807, 2.05) is 0 Å². The minimum atomic E-state index is -5.57. The maximum absolute atomic E-state index is 13.0. The second kappa shape index (κ2) is 9.75. The van der Waals surface area contributed by atoms with E-state index in [-0.39, 0.29) is 17.9 Å². The molecule has 2 N–H and O–H groups in total. The largest absolute Gasteiger partial charge is 0.501 e. The van der Waals surface area contributed by atoms with Gasteiger partial charge in [0, 0.05) is 16.8 Å². The summed E-state index contributed by atoms with van der Waals surface area (Å²) in [6.07, 6.45) is 3.90. The van der Waals surface area contributed by atoms with Crippen LogP contribution >= 0.6 is 11.6 Å². The molecule has 0 radical (unpaired) electrons. The normalized spacial score (nSPS) is 11.9. The number of imidazole rings is 1. The van der Waals surface area contributed by atoms with Gasteiger partial charge in [-0.15, -0.1) is 0 Å². The molecule has 0 atom stereocenters. The fourth-order valence-corrected chi connectivity index (χ4v) is 4.38. The summed E-state index contributed by atoms with van der Waals surface area (Å²) in [5.41, 5.74) is -5.29. The number of rotatable bonds is 6. The molecule has 0 unspecified atom stereocenters. The average Bonchev–Trinajstić information content (AvgIpc) is 3.12. The summed E-state index contributed by atoms with van der Waals surface area (Å²) in [4.78, 5) is 28.6. The Bertz CT molecular complexity index is 1650. The molecule has 0 saturated carbocycles. The van der Waals surface area contributed by atoms with E-state index >= 15 is 0 Å². The molecule has 9 nitrogen and oxygen atoms in total. The first-order chi connectivity index (χ1) is 17.4. The summed E-state index contributed by atoms with van der Waals surface area (Å²) in [6, 6.07) is 11.1. The molecule has 2 heterocycles. The van der Waals surface area contributed by atoms with Crippen LogP contribution in [-0.4, -0.2) is 39.1 Å². The summed E-state index contributed by atoms with van der Waals surface area (Å²) >= 11 is 5.93. The van der Waals surface area contributed by atoms with Crippen molar-refractivity contribution in [3.63, 3.8) is 0 Å². The van der Waals surface area contributed by atoms with Crippen molar-refractivity contribution in [2.24, 2.45) is 0 Å². The van der Waals surface area contributed by atoms with Crippen molar-refractivity contribution in [3.05, 3.63) is 99.8 Å². The molecular weight excluding hydrogens is 537 g/mol. The lowest BCUT2D eigenvalue weighted by molar-refractivity contribution is -0.0436. The van der Waals surface area contributed by atoms with E-state index < -0.39 is 37.7 Å². The fraction of sp³-hybridized carbons (Fsp3) is 0.0870. The van der Waals surface area contributed by atoms with Gasteiger partial charge < -0.3 is 10.4 Å². The molecule has 0 aliphatic carbocycles. The highest BCUT2D eigenvalue weighted by Gasteiger charge is 2.46. The van der Waals surface area contributed by atoms with Crippen molar-refractivity contribution in [2.75, 3.05) is 5.32 Å². The Morgan fingerprint density at radius 3 is 2.46 bits per heavy atom. The topological polar surface area (TPSA) is 123 Å². The van der Waals surface area contributed by atoms with Crippen LogP contribution in [0.3, 0.4) is 0 Å². The standard InChI is InChI=1S/C23H16ClF3N4O5S/c24-16-3-1-2-14(10-16)21(33)29-19-11-28-9-8-15(19)12-30-13-20(32)31(22(30)34)17-4-6-18(7-5-17)37(35,36)23(25,26)27/h1-11,13,32H,12H2,(H,29,33). The van der Waals surface area contributed by atoms with Gasteiger partial charge in [-0.3, -0.25) is 14.3 Å². The fourth-order valence-electron chi connectivity index (χ4n) is 3.42. The SMILES string of the molecule is O=C(Nc1cnccc1Cn1cc(O)n(-c2ccc(S(=O)(=O)C(F)(F)F)cc2)c1=O)c1cccc(Cl)c1. The second-order valence-electron chi connectivity index (χ2n) is 7.67. The molecule has 2 aromatic heterocycles. The Hall–Kier alpha value is -4.10. The molecule has 0 aliphatic rings. The van der Waals surface area contributed by atoms with E-state index in [0.29, 0.717) is 28.3 Å². The van der Waals surface area contributed by atoms with Crippen molar-refractivity contribution < 1.29 is 31.5 Å². The number of nitrogens with zero attached hydrogens (tertiary/aromatic N) is 3. The Kier molecular flexibility index (Phi) is 6.84. The van der Waals surface area contributed by atoms with Gasteiger partial charge in [-0.05, 0) is 54.1 Å². The van der Waals surface area contributed by atoms with Gasteiger partial charge in [-0.25, -0.2) is 17.8 Å². The van der Waals surface area contributed by atoms with Crippen LogP contribution in [0, 0.1) is 0 Å². The number of alkyl halides is 3. The monoisotopic (exact) mass is 552 g/mol. The molecule has 1 amide bonds. The summed E-state index contributed by atoms with van der Waals surface area (Å²) in [5.74, 6) is -1.02. The van der Waals surface area contributed by atoms with Crippen molar-refractivity contribution in [2.45, 2.75) is 16.9 Å². The van der Waals surface area contributed by atoms with Gasteiger partial charge in [-0.2, -0.15) is 13.2 Å². The number of anilines is 1. The summed E-state index contributed by atoms with van der Waals surface area (Å²) < 4.78 is 63.4. The number of hydrogen-bond donors (Lipinski definition) is 2. The van der Waals surface area contributed by atoms with Gasteiger partial charge in [-0.1, -0.05) is 17.7 Å². The van der Waals surface area contributed by atoms with Crippen LogP contribution in [0.2, 0.25) is 5.02 Å². The number of amides is 1. The number of halogens is 4. The van der Waals surface area contributed by atoms with Crippen LogP contribution in [0.1, 0.15) is 15.9 Å². The van der Waals surface area contributed by atoms with Crippen LogP contribution in [0.4, 0.5) is 18.9 Å². The third-order valence-electron chi connectivity index (χ3n) is 5.23. The van der Waals surface area contributed by atoms with E-state index in [0.717, 1.165) is 27.5 Å². The molecule has 0 spiro atoms. The molecule has 0 bridgehead atoms. The summed E-state index contributed by atoms with van der Waals surface area (Å²) in [6.45, 7) is -0.117. The van der Waals surface area contributed by atoms with Gasteiger partial charge in [0.1, 0.15) is 0 Å². The molecule has 192 valence electrons. The van der Waals surface area contributed by atoms with Crippen molar-refractivity contribution in [1.29, 1.82) is 0 Å². The Morgan fingerprint density at radius 2 is 1.81 bits per heavy atom. The number of aromatic nitrogens is 3. The maximum atomic E-state index is 13.0. The summed E-state index contributed by atoms with van der Waals surface area (Å²) in [7, 11) is -5.57. The van der Waals surface area contributed by atoms with Crippen molar-refractivity contribution in [1.82, 2.24) is 14.1 Å². The highest BCUT2D eigenvalue weighted by Crippen LogP contribution is 2.31. The molecule has 0 saturated heterocycles. The van der Waals surface area contributed by atoms with Gasteiger partial charge in [0.05, 0.1) is 35.2 Å². The Labute approximate surface area is 212 Å². The van der Waals surface area contributed by atoms with Gasteiger partial charge in [0.25, 0.3) is 15.7 Å². The molecule has 0 aliphatic heterocycles. The number of aromatic hydroxyl groups is 1. The van der Waals surface area contributed by atoms with Gasteiger partial charge in [0.15, 0.2) is 0 Å².